The second kappa shape index (κ2) is 5.26. The minimum atomic E-state index is 0.561. The van der Waals surface area contributed by atoms with E-state index in [4.69, 9.17) is 4.52 Å². The summed E-state index contributed by atoms with van der Waals surface area (Å²) in [6, 6.07) is 0. The van der Waals surface area contributed by atoms with E-state index in [9.17, 15) is 0 Å². The molecule has 2 aromatic rings. The van der Waals surface area contributed by atoms with Gasteiger partial charge in [0.05, 0.1) is 6.54 Å². The monoisotopic (exact) mass is 287 g/mol. The third-order valence-corrected chi connectivity index (χ3v) is 4.43. The molecule has 0 aromatic carbocycles. The molecular formula is C15H21N5O. The molecule has 6 heteroatoms. The van der Waals surface area contributed by atoms with Crippen molar-refractivity contribution < 1.29 is 4.52 Å². The lowest BCUT2D eigenvalue weighted by molar-refractivity contribution is 0.206. The molecule has 1 aliphatic heterocycles. The first-order valence-electron chi connectivity index (χ1n) is 7.79. The molecule has 0 amide bonds. The van der Waals surface area contributed by atoms with Gasteiger partial charge in [-0.05, 0) is 32.2 Å². The number of fused-ring (bicyclic) bond motifs is 1. The Labute approximate surface area is 124 Å². The van der Waals surface area contributed by atoms with Gasteiger partial charge in [0.15, 0.2) is 5.82 Å². The van der Waals surface area contributed by atoms with E-state index in [1.54, 1.807) is 0 Å². The molecule has 3 heterocycles. The van der Waals surface area contributed by atoms with Gasteiger partial charge >= 0.3 is 0 Å². The van der Waals surface area contributed by atoms with Crippen molar-refractivity contribution in [3.8, 4) is 0 Å². The molecule has 0 spiro atoms. The highest BCUT2D eigenvalue weighted by Gasteiger charge is 2.29. The minimum Gasteiger partial charge on any atom is -0.338 e. The summed E-state index contributed by atoms with van der Waals surface area (Å²) >= 11 is 0. The average molecular weight is 287 g/mol. The summed E-state index contributed by atoms with van der Waals surface area (Å²) in [5.74, 6) is 4.10. The maximum atomic E-state index is 5.35. The number of rotatable bonds is 5. The summed E-state index contributed by atoms with van der Waals surface area (Å²) in [5, 5.41) is 4.08. The minimum absolute atomic E-state index is 0.561. The van der Waals surface area contributed by atoms with Crippen molar-refractivity contribution in [1.82, 2.24) is 24.6 Å². The van der Waals surface area contributed by atoms with Gasteiger partial charge in [-0.1, -0.05) is 5.16 Å². The molecule has 2 aliphatic rings. The number of hydrogen-bond acceptors (Lipinski definition) is 5. The first-order valence-corrected chi connectivity index (χ1v) is 7.79. The Morgan fingerprint density at radius 3 is 3.14 bits per heavy atom. The molecule has 1 atom stereocenters. The summed E-state index contributed by atoms with van der Waals surface area (Å²) in [5.41, 5.74) is 0. The molecule has 0 N–H and O–H groups in total. The molecule has 2 aromatic heterocycles. The largest absolute Gasteiger partial charge is 0.338 e. The second-order valence-electron chi connectivity index (χ2n) is 6.42. The molecule has 1 saturated carbocycles. The van der Waals surface area contributed by atoms with Crippen molar-refractivity contribution >= 4 is 0 Å². The topological polar surface area (TPSA) is 60.0 Å². The van der Waals surface area contributed by atoms with Crippen LogP contribution in [0.15, 0.2) is 16.9 Å². The summed E-state index contributed by atoms with van der Waals surface area (Å²) in [6.07, 6.45) is 8.70. The van der Waals surface area contributed by atoms with E-state index in [-0.39, 0.29) is 0 Å². The highest BCUT2D eigenvalue weighted by atomic mass is 16.5. The summed E-state index contributed by atoms with van der Waals surface area (Å²) in [4.78, 5) is 11.2. The van der Waals surface area contributed by atoms with E-state index in [1.165, 1.54) is 25.1 Å². The fraction of sp³-hybridized carbons (Fsp3) is 0.667. The van der Waals surface area contributed by atoms with Gasteiger partial charge in [0.1, 0.15) is 5.82 Å². The van der Waals surface area contributed by atoms with E-state index in [2.05, 4.69) is 37.8 Å². The van der Waals surface area contributed by atoms with Crippen LogP contribution in [0.5, 0.6) is 0 Å². The Hall–Kier alpha value is -1.69. The zero-order valence-electron chi connectivity index (χ0n) is 12.4. The van der Waals surface area contributed by atoms with Gasteiger partial charge in [-0.25, -0.2) is 4.98 Å². The van der Waals surface area contributed by atoms with E-state index >= 15 is 0 Å². The van der Waals surface area contributed by atoms with Crippen molar-refractivity contribution in [2.45, 2.75) is 44.7 Å². The number of nitrogens with zero attached hydrogens (tertiary/aromatic N) is 5. The Kier molecular flexibility index (Phi) is 3.25. The van der Waals surface area contributed by atoms with Gasteiger partial charge in [-0.3, -0.25) is 4.90 Å². The van der Waals surface area contributed by atoms with Crippen LogP contribution in [-0.4, -0.2) is 38.2 Å². The normalized spacial score (nSPS) is 21.7. The molecule has 1 fully saturated rings. The molecule has 1 aliphatic carbocycles. The van der Waals surface area contributed by atoms with Crippen molar-refractivity contribution in [1.29, 1.82) is 0 Å². The summed E-state index contributed by atoms with van der Waals surface area (Å²) in [7, 11) is 2.13. The third kappa shape index (κ3) is 2.85. The molecule has 0 radical (unpaired) electrons. The lowest BCUT2D eigenvalue weighted by atomic mass is 9.99. The first-order chi connectivity index (χ1) is 10.3. The second-order valence-corrected chi connectivity index (χ2v) is 6.42. The summed E-state index contributed by atoms with van der Waals surface area (Å²) in [6.45, 7) is 2.86. The lowest BCUT2D eigenvalue weighted by Gasteiger charge is -2.27. The predicted octanol–water partition coefficient (Wildman–Crippen LogP) is 1.84. The highest BCUT2D eigenvalue weighted by Crippen LogP contribution is 2.38. The van der Waals surface area contributed by atoms with E-state index in [1.807, 2.05) is 6.20 Å². The number of aromatic nitrogens is 4. The molecule has 0 bridgehead atoms. The Morgan fingerprint density at radius 2 is 2.29 bits per heavy atom. The molecule has 0 saturated heterocycles. The van der Waals surface area contributed by atoms with Crippen LogP contribution in [0.2, 0.25) is 0 Å². The summed E-state index contributed by atoms with van der Waals surface area (Å²) < 4.78 is 7.63. The Morgan fingerprint density at radius 1 is 1.38 bits per heavy atom. The van der Waals surface area contributed by atoms with Crippen LogP contribution in [0.4, 0.5) is 0 Å². The van der Waals surface area contributed by atoms with Crippen LogP contribution < -0.4 is 0 Å². The van der Waals surface area contributed by atoms with Crippen LogP contribution >= 0.6 is 0 Å². The van der Waals surface area contributed by atoms with Crippen molar-refractivity contribution in [3.05, 3.63) is 29.9 Å². The SMILES string of the molecule is CN(Cc1nc(C2CC2)no1)CC1CCc2nccn2C1. The molecule has 112 valence electrons. The molecule has 21 heavy (non-hydrogen) atoms. The number of hydrogen-bond donors (Lipinski definition) is 0. The smallest absolute Gasteiger partial charge is 0.240 e. The molecule has 4 rings (SSSR count). The van der Waals surface area contributed by atoms with Crippen LogP contribution in [0, 0.1) is 5.92 Å². The van der Waals surface area contributed by atoms with Crippen LogP contribution in [0.25, 0.3) is 0 Å². The van der Waals surface area contributed by atoms with Gasteiger partial charge in [0.2, 0.25) is 5.89 Å². The molecule has 6 nitrogen and oxygen atoms in total. The number of aryl methyl sites for hydroxylation is 1. The zero-order chi connectivity index (χ0) is 14.2. The van der Waals surface area contributed by atoms with Gasteiger partial charge < -0.3 is 9.09 Å². The van der Waals surface area contributed by atoms with Gasteiger partial charge in [0, 0.05) is 37.8 Å². The van der Waals surface area contributed by atoms with Crippen LogP contribution in [0.1, 0.15) is 42.7 Å². The average Bonchev–Trinajstić information content (AvgIpc) is 3.04. The quantitative estimate of drug-likeness (QED) is 0.839. The standard InChI is InChI=1S/C15H21N5O/c1-19(10-14-17-15(18-21-14)12-3-4-12)8-11-2-5-13-16-6-7-20(13)9-11/h6-7,11-12H,2-5,8-10H2,1H3. The molecule has 1 unspecified atom stereocenters. The van der Waals surface area contributed by atoms with Gasteiger partial charge in [-0.2, -0.15) is 4.98 Å². The number of imidazole rings is 1. The van der Waals surface area contributed by atoms with Crippen molar-refractivity contribution in [2.75, 3.05) is 13.6 Å². The van der Waals surface area contributed by atoms with Gasteiger partial charge in [0.25, 0.3) is 0 Å². The Bertz CT molecular complexity index is 615. The van der Waals surface area contributed by atoms with Crippen LogP contribution in [0.3, 0.4) is 0 Å². The van der Waals surface area contributed by atoms with Crippen LogP contribution in [-0.2, 0) is 19.5 Å². The van der Waals surface area contributed by atoms with E-state index < -0.39 is 0 Å². The lowest BCUT2D eigenvalue weighted by Crippen LogP contribution is -2.31. The maximum Gasteiger partial charge on any atom is 0.240 e. The maximum absolute atomic E-state index is 5.35. The molecular weight excluding hydrogens is 266 g/mol. The zero-order valence-corrected chi connectivity index (χ0v) is 12.4. The van der Waals surface area contributed by atoms with E-state index in [0.717, 1.165) is 37.8 Å². The van der Waals surface area contributed by atoms with Crippen molar-refractivity contribution in [2.24, 2.45) is 5.92 Å². The van der Waals surface area contributed by atoms with Crippen molar-refractivity contribution in [3.63, 3.8) is 0 Å². The fourth-order valence-electron chi connectivity index (χ4n) is 3.16. The first kappa shape index (κ1) is 13.0. The fourth-order valence-corrected chi connectivity index (χ4v) is 3.16. The highest BCUT2D eigenvalue weighted by molar-refractivity contribution is 5.03. The Balaban J connectivity index is 1.32. The van der Waals surface area contributed by atoms with Gasteiger partial charge in [-0.15, -0.1) is 0 Å². The third-order valence-electron chi connectivity index (χ3n) is 4.43. The van der Waals surface area contributed by atoms with E-state index in [0.29, 0.717) is 11.8 Å². The predicted molar refractivity (Wildman–Crippen MR) is 76.6 cm³/mol.